The fraction of sp³-hybridized carbons (Fsp3) is 0.409. The molecular weight excluding hydrogens is 420 g/mol. The summed E-state index contributed by atoms with van der Waals surface area (Å²) in [7, 11) is -0.302. The Balaban J connectivity index is 1.94. The maximum absolute atomic E-state index is 12.4. The van der Waals surface area contributed by atoms with Gasteiger partial charge in [-0.2, -0.15) is 0 Å². The van der Waals surface area contributed by atoms with Gasteiger partial charge in [-0.3, -0.25) is 9.10 Å². The van der Waals surface area contributed by atoms with Gasteiger partial charge in [0.15, 0.2) is 17.6 Å². The van der Waals surface area contributed by atoms with Gasteiger partial charge in [-0.1, -0.05) is 6.07 Å². The predicted octanol–water partition coefficient (Wildman–Crippen LogP) is 2.96. The zero-order chi connectivity index (χ0) is 23.2. The second-order valence-electron chi connectivity index (χ2n) is 7.35. The molecule has 0 unspecified atom stereocenters. The lowest BCUT2D eigenvalue weighted by molar-refractivity contribution is -0.127. The third-order valence-corrected chi connectivity index (χ3v) is 5.64. The van der Waals surface area contributed by atoms with E-state index in [0.717, 1.165) is 11.8 Å². The molecule has 9 heteroatoms. The molecule has 0 bridgehead atoms. The largest absolute Gasteiger partial charge is 0.493 e. The van der Waals surface area contributed by atoms with Crippen molar-refractivity contribution in [3.8, 4) is 17.2 Å². The van der Waals surface area contributed by atoms with Gasteiger partial charge in [-0.15, -0.1) is 0 Å². The molecule has 1 N–H and O–H groups in total. The van der Waals surface area contributed by atoms with E-state index >= 15 is 0 Å². The molecule has 0 aliphatic rings. The highest BCUT2D eigenvalue weighted by atomic mass is 32.2. The van der Waals surface area contributed by atoms with E-state index < -0.39 is 16.1 Å². The van der Waals surface area contributed by atoms with E-state index in [-0.39, 0.29) is 12.0 Å². The summed E-state index contributed by atoms with van der Waals surface area (Å²) in [5.41, 5.74) is 1.37. The van der Waals surface area contributed by atoms with Crippen LogP contribution in [-0.2, 0) is 21.4 Å². The summed E-state index contributed by atoms with van der Waals surface area (Å²) < 4.78 is 41.1. The average molecular weight is 451 g/mol. The molecule has 0 heterocycles. The van der Waals surface area contributed by atoms with Crippen molar-refractivity contribution in [2.75, 3.05) is 24.7 Å². The van der Waals surface area contributed by atoms with Crippen molar-refractivity contribution < 1.29 is 27.4 Å². The molecule has 8 nitrogen and oxygen atoms in total. The van der Waals surface area contributed by atoms with Crippen molar-refractivity contribution in [3.63, 3.8) is 0 Å². The summed E-state index contributed by atoms with van der Waals surface area (Å²) in [6, 6.07) is 12.0. The second-order valence-corrected chi connectivity index (χ2v) is 9.37. The highest BCUT2D eigenvalue weighted by Crippen LogP contribution is 2.29. The molecule has 0 fully saturated rings. The minimum Gasteiger partial charge on any atom is -0.493 e. The number of anilines is 1. The van der Waals surface area contributed by atoms with Gasteiger partial charge in [-0.05, 0) is 62.7 Å². The molecule has 2 aromatic rings. The molecule has 0 aromatic heterocycles. The summed E-state index contributed by atoms with van der Waals surface area (Å²) >= 11 is 0. The van der Waals surface area contributed by atoms with E-state index in [2.05, 4.69) is 5.32 Å². The Labute approximate surface area is 184 Å². The van der Waals surface area contributed by atoms with E-state index in [0.29, 0.717) is 29.5 Å². The van der Waals surface area contributed by atoms with E-state index in [4.69, 9.17) is 14.2 Å². The molecule has 2 aromatic carbocycles. The molecule has 0 radical (unpaired) electrons. The summed E-state index contributed by atoms with van der Waals surface area (Å²) in [6.07, 6.45) is 0.423. The van der Waals surface area contributed by atoms with Gasteiger partial charge in [0.05, 0.1) is 25.2 Å². The smallest absolute Gasteiger partial charge is 0.261 e. The zero-order valence-corrected chi connectivity index (χ0v) is 19.5. The third kappa shape index (κ3) is 7.06. The van der Waals surface area contributed by atoms with Gasteiger partial charge >= 0.3 is 0 Å². The number of amides is 1. The molecule has 0 aliphatic heterocycles. The lowest BCUT2D eigenvalue weighted by Gasteiger charge is -2.18. The molecule has 0 saturated heterocycles. The first-order valence-electron chi connectivity index (χ1n) is 9.83. The molecule has 0 saturated carbocycles. The normalized spacial score (nSPS) is 12.2. The van der Waals surface area contributed by atoms with Crippen molar-refractivity contribution >= 4 is 21.6 Å². The van der Waals surface area contributed by atoms with Crippen LogP contribution in [0.3, 0.4) is 0 Å². The summed E-state index contributed by atoms with van der Waals surface area (Å²) in [5, 5.41) is 2.83. The maximum Gasteiger partial charge on any atom is 0.261 e. The van der Waals surface area contributed by atoms with Crippen LogP contribution in [0.2, 0.25) is 0 Å². The number of carbonyl (C=O) groups excluding carboxylic acids is 1. The van der Waals surface area contributed by atoms with Crippen LogP contribution in [0.5, 0.6) is 17.2 Å². The Morgan fingerprint density at radius 2 is 1.68 bits per heavy atom. The van der Waals surface area contributed by atoms with E-state index in [9.17, 15) is 13.2 Å². The minimum absolute atomic E-state index is 0.0262. The number of sulfonamides is 1. The number of benzene rings is 2. The van der Waals surface area contributed by atoms with E-state index in [1.54, 1.807) is 38.3 Å². The number of hydrogen-bond donors (Lipinski definition) is 1. The van der Waals surface area contributed by atoms with Crippen LogP contribution < -0.4 is 23.8 Å². The third-order valence-electron chi connectivity index (χ3n) is 4.44. The van der Waals surface area contributed by atoms with Gasteiger partial charge in [0.2, 0.25) is 10.0 Å². The number of nitrogens with one attached hydrogen (secondary N) is 1. The van der Waals surface area contributed by atoms with Gasteiger partial charge < -0.3 is 19.5 Å². The fourth-order valence-corrected chi connectivity index (χ4v) is 3.19. The van der Waals surface area contributed by atoms with Crippen LogP contribution in [0.1, 0.15) is 26.3 Å². The molecular formula is C22H30N2O6S. The number of rotatable bonds is 10. The monoisotopic (exact) mass is 450 g/mol. The fourth-order valence-electron chi connectivity index (χ4n) is 2.69. The van der Waals surface area contributed by atoms with Crippen LogP contribution in [0.15, 0.2) is 42.5 Å². The second kappa shape index (κ2) is 10.4. The van der Waals surface area contributed by atoms with Crippen LogP contribution in [0.4, 0.5) is 5.69 Å². The summed E-state index contributed by atoms with van der Waals surface area (Å²) in [4.78, 5) is 12.4. The van der Waals surface area contributed by atoms with Crippen molar-refractivity contribution in [1.82, 2.24) is 5.32 Å². The van der Waals surface area contributed by atoms with E-state index in [1.807, 2.05) is 32.0 Å². The summed E-state index contributed by atoms with van der Waals surface area (Å²) in [5.74, 6) is 1.43. The summed E-state index contributed by atoms with van der Waals surface area (Å²) in [6.45, 7) is 5.83. The van der Waals surface area contributed by atoms with Crippen molar-refractivity contribution in [2.45, 2.75) is 39.5 Å². The first-order valence-corrected chi connectivity index (χ1v) is 11.7. The minimum atomic E-state index is -3.34. The SMILES string of the molecule is COc1cc(CNC(=O)[C@H](C)Oc2ccc(N(C)S(C)(=O)=O)cc2)ccc1OC(C)C. The molecule has 1 amide bonds. The van der Waals surface area contributed by atoms with Crippen LogP contribution in [-0.4, -0.2) is 46.9 Å². The molecule has 0 spiro atoms. The Morgan fingerprint density at radius 1 is 1.03 bits per heavy atom. The number of carbonyl (C=O) groups is 1. The van der Waals surface area contributed by atoms with Crippen LogP contribution >= 0.6 is 0 Å². The Bertz CT molecular complexity index is 990. The molecule has 2 rings (SSSR count). The number of hydrogen-bond acceptors (Lipinski definition) is 6. The molecule has 31 heavy (non-hydrogen) atoms. The van der Waals surface area contributed by atoms with E-state index in [1.165, 1.54) is 11.4 Å². The van der Waals surface area contributed by atoms with Gasteiger partial charge in [-0.25, -0.2) is 8.42 Å². The quantitative estimate of drug-likeness (QED) is 0.598. The topological polar surface area (TPSA) is 94.2 Å². The lowest BCUT2D eigenvalue weighted by atomic mass is 10.2. The zero-order valence-electron chi connectivity index (χ0n) is 18.7. The lowest BCUT2D eigenvalue weighted by Crippen LogP contribution is -2.35. The number of methoxy groups -OCH3 is 1. The van der Waals surface area contributed by atoms with Crippen LogP contribution in [0.25, 0.3) is 0 Å². The first-order chi connectivity index (χ1) is 14.5. The van der Waals surface area contributed by atoms with Crippen molar-refractivity contribution in [2.24, 2.45) is 0 Å². The Morgan fingerprint density at radius 3 is 2.23 bits per heavy atom. The highest BCUT2D eigenvalue weighted by Gasteiger charge is 2.16. The van der Waals surface area contributed by atoms with Crippen LogP contribution in [0, 0.1) is 0 Å². The average Bonchev–Trinajstić information content (AvgIpc) is 2.71. The van der Waals surface area contributed by atoms with Crippen molar-refractivity contribution in [1.29, 1.82) is 0 Å². The Hall–Kier alpha value is -2.94. The Kier molecular flexibility index (Phi) is 8.15. The van der Waals surface area contributed by atoms with Crippen molar-refractivity contribution in [3.05, 3.63) is 48.0 Å². The highest BCUT2D eigenvalue weighted by molar-refractivity contribution is 7.92. The van der Waals surface area contributed by atoms with Gasteiger partial charge in [0.1, 0.15) is 5.75 Å². The molecule has 170 valence electrons. The number of ether oxygens (including phenoxy) is 3. The standard InChI is InChI=1S/C22H30N2O6S/c1-15(2)29-20-12-7-17(13-21(20)28-5)14-23-22(25)16(3)30-19-10-8-18(9-11-19)24(4)31(6,26)27/h7-13,15-16H,14H2,1-6H3,(H,23,25)/t16-/m0/s1. The first kappa shape index (κ1) is 24.3. The molecule has 0 aliphatic carbocycles. The van der Waals surface area contributed by atoms with Gasteiger partial charge in [0.25, 0.3) is 5.91 Å². The predicted molar refractivity (Wildman–Crippen MR) is 120 cm³/mol. The maximum atomic E-state index is 12.4. The molecule has 1 atom stereocenters. The number of nitrogens with zero attached hydrogens (tertiary/aromatic N) is 1. The van der Waals surface area contributed by atoms with Gasteiger partial charge in [0, 0.05) is 13.6 Å².